The van der Waals surface area contributed by atoms with Crippen molar-refractivity contribution in [3.05, 3.63) is 95.3 Å². The van der Waals surface area contributed by atoms with E-state index in [1.807, 2.05) is 0 Å². The summed E-state index contributed by atoms with van der Waals surface area (Å²) in [6.07, 6.45) is 1.88. The van der Waals surface area contributed by atoms with Gasteiger partial charge in [0.2, 0.25) is 15.9 Å². The minimum absolute atomic E-state index is 0.192. The highest BCUT2D eigenvalue weighted by atomic mass is 32.2. The molecule has 3 aromatic rings. The minimum atomic E-state index is -5.89. The number of aryl methyl sites for hydroxylation is 1. The largest absolute Gasteiger partial charge is 0.534 e. The number of anilines is 1. The number of rotatable bonds is 14. The number of hydrogen-bond acceptors (Lipinski definition) is 8. The summed E-state index contributed by atoms with van der Waals surface area (Å²) in [5.74, 6) is -2.56. The van der Waals surface area contributed by atoms with E-state index >= 15 is 0 Å². The molecule has 1 heterocycles. The normalized spacial score (nSPS) is 17.6. The highest BCUT2D eigenvalue weighted by molar-refractivity contribution is 7.88. The number of nitrogens with zero attached hydrogens (tertiary/aromatic N) is 2. The second-order valence-electron chi connectivity index (χ2n) is 11.4. The van der Waals surface area contributed by atoms with Crippen LogP contribution in [-0.4, -0.2) is 58.4 Å². The highest BCUT2D eigenvalue weighted by Crippen LogP contribution is 2.47. The van der Waals surface area contributed by atoms with E-state index in [9.17, 15) is 44.0 Å². The lowest BCUT2D eigenvalue weighted by atomic mass is 9.78. The van der Waals surface area contributed by atoms with Gasteiger partial charge in [0.05, 0.1) is 18.2 Å². The van der Waals surface area contributed by atoms with E-state index in [0.29, 0.717) is 36.2 Å². The molecule has 16 heteroatoms. The summed E-state index contributed by atoms with van der Waals surface area (Å²) >= 11 is 0. The lowest BCUT2D eigenvalue weighted by molar-refractivity contribution is -0.147. The number of alkyl halides is 3. The van der Waals surface area contributed by atoms with Gasteiger partial charge in [0.15, 0.2) is 0 Å². The third-order valence-corrected chi connectivity index (χ3v) is 10.2. The summed E-state index contributed by atoms with van der Waals surface area (Å²) < 4.78 is 109. The van der Waals surface area contributed by atoms with Crippen molar-refractivity contribution in [3.8, 4) is 5.75 Å². The number of amides is 1. The van der Waals surface area contributed by atoms with Crippen LogP contribution in [0.2, 0.25) is 0 Å². The van der Waals surface area contributed by atoms with Crippen LogP contribution in [0.5, 0.6) is 5.75 Å². The van der Waals surface area contributed by atoms with Gasteiger partial charge < -0.3 is 13.8 Å². The number of hydrogen-bond donors (Lipinski definition) is 0. The number of carbonyl (C=O) groups excluding carboxylic acids is 2. The van der Waals surface area contributed by atoms with Crippen molar-refractivity contribution in [2.45, 2.75) is 50.3 Å². The molecule has 0 aromatic heterocycles. The van der Waals surface area contributed by atoms with Gasteiger partial charge in [0.1, 0.15) is 17.7 Å². The van der Waals surface area contributed by atoms with Crippen LogP contribution < -0.4 is 9.08 Å². The minimum Gasteiger partial charge on any atom is -0.458 e. The number of β-lactam (4-membered cyclic amide) rings is 1. The summed E-state index contributed by atoms with van der Waals surface area (Å²) in [5, 5.41) is 0. The molecule has 3 atom stereocenters. The quantitative estimate of drug-likeness (QED) is 0.0688. The molecule has 0 spiro atoms. The molecule has 0 radical (unpaired) electrons. The molecule has 0 saturated carbocycles. The van der Waals surface area contributed by atoms with Crippen molar-refractivity contribution < 1.29 is 52.9 Å². The van der Waals surface area contributed by atoms with Crippen LogP contribution in [0.25, 0.3) is 0 Å². The molecular weight excluding hydrogens is 680 g/mol. The van der Waals surface area contributed by atoms with Crippen LogP contribution in [0, 0.1) is 11.7 Å². The average Bonchev–Trinajstić information content (AvgIpc) is 2.99. The van der Waals surface area contributed by atoms with Crippen molar-refractivity contribution in [1.82, 2.24) is 4.31 Å². The van der Waals surface area contributed by atoms with Gasteiger partial charge in [-0.15, -0.1) is 0 Å². The first-order chi connectivity index (χ1) is 22.4. The Morgan fingerprint density at radius 3 is 2.10 bits per heavy atom. The van der Waals surface area contributed by atoms with E-state index < -0.39 is 61.2 Å². The van der Waals surface area contributed by atoms with Gasteiger partial charge >= 0.3 is 21.6 Å². The molecule has 0 N–H and O–H groups in total. The maximum Gasteiger partial charge on any atom is 0.534 e. The van der Waals surface area contributed by atoms with Crippen LogP contribution in [0.1, 0.15) is 55.0 Å². The molecule has 0 aliphatic carbocycles. The first kappa shape index (κ1) is 36.8. The number of carbonyl (C=O) groups is 2. The monoisotopic (exact) mass is 714 g/mol. The Morgan fingerprint density at radius 1 is 0.958 bits per heavy atom. The van der Waals surface area contributed by atoms with Crippen LogP contribution in [-0.2, 0) is 40.9 Å². The van der Waals surface area contributed by atoms with Crippen molar-refractivity contribution in [3.63, 3.8) is 0 Å². The number of halogens is 4. The molecule has 260 valence electrons. The molecule has 1 saturated heterocycles. The highest BCUT2D eigenvalue weighted by Gasteiger charge is 2.50. The topological polar surface area (TPSA) is 127 Å². The number of esters is 1. The molecule has 0 bridgehead atoms. The molecule has 48 heavy (non-hydrogen) atoms. The molecule has 2 unspecified atom stereocenters. The second-order valence-corrected chi connectivity index (χ2v) is 15.0. The first-order valence-corrected chi connectivity index (χ1v) is 18.0. The fourth-order valence-electron chi connectivity index (χ4n) is 5.39. The second kappa shape index (κ2) is 14.6. The van der Waals surface area contributed by atoms with Gasteiger partial charge in [-0.1, -0.05) is 36.4 Å². The maximum absolute atomic E-state index is 13.6. The van der Waals surface area contributed by atoms with E-state index in [1.54, 1.807) is 24.3 Å². The summed E-state index contributed by atoms with van der Waals surface area (Å²) in [5.41, 5.74) is -3.19. The van der Waals surface area contributed by atoms with Gasteiger partial charge in [-0.2, -0.15) is 21.6 Å². The zero-order valence-corrected chi connectivity index (χ0v) is 27.8. The Kier molecular flexibility index (Phi) is 11.2. The average molecular weight is 715 g/mol. The van der Waals surface area contributed by atoms with Crippen LogP contribution >= 0.6 is 0 Å². The lowest BCUT2D eigenvalue weighted by Crippen LogP contribution is -2.55. The molecule has 1 amide bonds. The van der Waals surface area contributed by atoms with Gasteiger partial charge in [0, 0.05) is 26.2 Å². The molecule has 4 rings (SSSR count). The number of ether oxygens (including phenoxy) is 1. The third kappa shape index (κ3) is 8.90. The van der Waals surface area contributed by atoms with Gasteiger partial charge in [-0.25, -0.2) is 17.1 Å². The first-order valence-electron chi connectivity index (χ1n) is 14.7. The van der Waals surface area contributed by atoms with Crippen molar-refractivity contribution in [2.24, 2.45) is 5.92 Å². The molecule has 3 aromatic carbocycles. The fourth-order valence-corrected chi connectivity index (χ4v) is 6.31. The van der Waals surface area contributed by atoms with Gasteiger partial charge in [-0.3, -0.25) is 9.59 Å². The zero-order chi connectivity index (χ0) is 35.4. The Balaban J connectivity index is 1.57. The van der Waals surface area contributed by atoms with Gasteiger partial charge in [-0.05, 0) is 78.8 Å². The molecule has 1 aliphatic rings. The Bertz CT molecular complexity index is 1820. The summed E-state index contributed by atoms with van der Waals surface area (Å²) in [6.45, 7) is 1.55. The molecular formula is C32H34F4N2O8S2. The van der Waals surface area contributed by atoms with Crippen LogP contribution in [0.15, 0.2) is 72.8 Å². The predicted octanol–water partition coefficient (Wildman–Crippen LogP) is 5.67. The number of benzene rings is 3. The van der Waals surface area contributed by atoms with E-state index in [2.05, 4.69) is 4.18 Å². The third-order valence-electron chi connectivity index (χ3n) is 7.93. The van der Waals surface area contributed by atoms with E-state index in [1.165, 1.54) is 59.6 Å². The van der Waals surface area contributed by atoms with Crippen LogP contribution in [0.4, 0.5) is 23.2 Å². The zero-order valence-electron chi connectivity index (χ0n) is 26.2. The number of sulfonamides is 1. The Hall–Kier alpha value is -4.02. The smallest absolute Gasteiger partial charge is 0.458 e. The summed E-state index contributed by atoms with van der Waals surface area (Å²) in [6, 6.07) is 16.7. The molecule has 10 nitrogen and oxygen atoms in total. The fraction of sp³-hybridized carbons (Fsp3) is 0.375. The summed E-state index contributed by atoms with van der Waals surface area (Å²) in [7, 11) is -7.70. The lowest BCUT2D eigenvalue weighted by Gasteiger charge is -2.48. The van der Waals surface area contributed by atoms with Crippen LogP contribution in [0.3, 0.4) is 0 Å². The van der Waals surface area contributed by atoms with E-state index in [0.717, 1.165) is 24.0 Å². The molecule has 1 aliphatic heterocycles. The summed E-state index contributed by atoms with van der Waals surface area (Å²) in [4.78, 5) is 27.0. The standard InChI is InChI=1S/C32H34F4N2O8S2/c1-21(39)45-29(23-8-12-25(33)13-9-23)19-18-28-30(24-10-16-27(17-11-24)46-48(43,44)32(34,35)36)38(31(28)40)26-14-6-22(7-15-26)5-4-20-37(2)47(3,41)42/h6-17,28-30H,4-5,18-20H2,1-3H3/t28?,29-,30?/m0/s1. The molecule has 1 fully saturated rings. The Morgan fingerprint density at radius 2 is 1.56 bits per heavy atom. The van der Waals surface area contributed by atoms with Crippen molar-refractivity contribution in [1.29, 1.82) is 0 Å². The maximum atomic E-state index is 13.6. The van der Waals surface area contributed by atoms with E-state index in [-0.39, 0.29) is 18.7 Å². The van der Waals surface area contributed by atoms with Crippen molar-refractivity contribution in [2.75, 3.05) is 24.7 Å². The van der Waals surface area contributed by atoms with Gasteiger partial charge in [0.25, 0.3) is 0 Å². The van der Waals surface area contributed by atoms with Crippen molar-refractivity contribution >= 4 is 37.7 Å². The Labute approximate surface area is 276 Å². The van der Waals surface area contributed by atoms with E-state index in [4.69, 9.17) is 4.74 Å². The predicted molar refractivity (Wildman–Crippen MR) is 168 cm³/mol. The SMILES string of the molecule is CC(=O)O[C@@H](CCC1C(=O)N(c2ccc(CCCN(C)S(C)(=O)=O)cc2)C1c1ccc(OS(=O)(=O)C(F)(F)F)cc1)c1ccc(F)cc1.